The maximum absolute atomic E-state index is 10.4. The normalized spacial score (nSPS) is 38.2. The van der Waals surface area contributed by atoms with Crippen molar-refractivity contribution >= 4 is 6.41 Å². The summed E-state index contributed by atoms with van der Waals surface area (Å²) < 4.78 is 0. The Morgan fingerprint density at radius 3 is 2.30 bits per heavy atom. The molecule has 2 rings (SSSR count). The van der Waals surface area contributed by atoms with E-state index in [9.17, 15) is 4.79 Å². The molecule has 2 aliphatic rings. The fourth-order valence-corrected chi connectivity index (χ4v) is 2.36. The molecule has 1 aliphatic carbocycles. The van der Waals surface area contributed by atoms with Gasteiger partial charge in [-0.05, 0) is 24.7 Å². The Morgan fingerprint density at radius 1 is 1.20 bits per heavy atom. The summed E-state index contributed by atoms with van der Waals surface area (Å²) >= 11 is 0. The third-order valence-electron chi connectivity index (χ3n) is 2.90. The van der Waals surface area contributed by atoms with E-state index in [1.165, 1.54) is 19.3 Å². The monoisotopic (exact) mass is 139 g/mol. The second-order valence-electron chi connectivity index (χ2n) is 3.51. The predicted octanol–water partition coefficient (Wildman–Crippen LogP) is 0.875. The molecular weight excluding hydrogens is 126 g/mol. The lowest BCUT2D eigenvalue weighted by atomic mass is 10.0. The topological polar surface area (TPSA) is 20.3 Å². The molecule has 1 saturated heterocycles. The van der Waals surface area contributed by atoms with Crippen LogP contribution in [0.25, 0.3) is 0 Å². The number of carbonyl (C=O) groups is 1. The van der Waals surface area contributed by atoms with Gasteiger partial charge in [-0.1, -0.05) is 6.42 Å². The van der Waals surface area contributed by atoms with Crippen LogP contribution in [0.15, 0.2) is 0 Å². The summed E-state index contributed by atoms with van der Waals surface area (Å²) in [6, 6.07) is 0. The van der Waals surface area contributed by atoms with Crippen molar-refractivity contribution in [2.45, 2.75) is 19.3 Å². The predicted molar refractivity (Wildman–Crippen MR) is 38.5 cm³/mol. The summed E-state index contributed by atoms with van der Waals surface area (Å²) in [7, 11) is 0. The summed E-state index contributed by atoms with van der Waals surface area (Å²) in [4.78, 5) is 12.3. The fraction of sp³-hybridized carbons (Fsp3) is 0.875. The number of amides is 1. The van der Waals surface area contributed by atoms with Crippen molar-refractivity contribution in [1.29, 1.82) is 0 Å². The van der Waals surface area contributed by atoms with Gasteiger partial charge in [-0.2, -0.15) is 0 Å². The van der Waals surface area contributed by atoms with Crippen LogP contribution in [0.1, 0.15) is 19.3 Å². The Bertz CT molecular complexity index is 134. The molecular formula is C8H13NO. The van der Waals surface area contributed by atoms with Gasteiger partial charge in [0, 0.05) is 13.1 Å². The van der Waals surface area contributed by atoms with Crippen LogP contribution in [-0.4, -0.2) is 24.4 Å². The van der Waals surface area contributed by atoms with Gasteiger partial charge in [0.15, 0.2) is 0 Å². The zero-order valence-corrected chi connectivity index (χ0v) is 6.12. The van der Waals surface area contributed by atoms with Gasteiger partial charge in [-0.3, -0.25) is 4.79 Å². The van der Waals surface area contributed by atoms with Gasteiger partial charge in [0.1, 0.15) is 0 Å². The number of hydrogen-bond acceptors (Lipinski definition) is 1. The molecule has 0 radical (unpaired) electrons. The van der Waals surface area contributed by atoms with E-state index in [0.717, 1.165) is 31.3 Å². The molecule has 0 unspecified atom stereocenters. The number of fused-ring (bicyclic) bond motifs is 1. The SMILES string of the molecule is O=CN1C[C@H]2CCC[C@H]2C1. The summed E-state index contributed by atoms with van der Waals surface area (Å²) in [5.74, 6) is 1.70. The summed E-state index contributed by atoms with van der Waals surface area (Å²) in [5, 5.41) is 0. The van der Waals surface area contributed by atoms with Crippen LogP contribution in [-0.2, 0) is 4.79 Å². The average molecular weight is 139 g/mol. The van der Waals surface area contributed by atoms with Crippen molar-refractivity contribution in [2.24, 2.45) is 11.8 Å². The van der Waals surface area contributed by atoms with Crippen molar-refractivity contribution in [3.05, 3.63) is 0 Å². The second kappa shape index (κ2) is 2.26. The Morgan fingerprint density at radius 2 is 1.80 bits per heavy atom. The first-order valence-electron chi connectivity index (χ1n) is 4.09. The number of nitrogens with zero attached hydrogens (tertiary/aromatic N) is 1. The molecule has 1 heterocycles. The van der Waals surface area contributed by atoms with E-state index in [4.69, 9.17) is 0 Å². The molecule has 0 aromatic heterocycles. The number of hydrogen-bond donors (Lipinski definition) is 0. The maximum Gasteiger partial charge on any atom is 0.209 e. The molecule has 0 spiro atoms. The lowest BCUT2D eigenvalue weighted by Gasteiger charge is -2.08. The first-order chi connectivity index (χ1) is 4.90. The second-order valence-corrected chi connectivity index (χ2v) is 3.51. The molecule has 1 saturated carbocycles. The first kappa shape index (κ1) is 6.20. The molecule has 1 aliphatic heterocycles. The van der Waals surface area contributed by atoms with E-state index in [1.54, 1.807) is 0 Å². The van der Waals surface area contributed by atoms with Gasteiger partial charge in [-0.15, -0.1) is 0 Å². The molecule has 56 valence electrons. The highest BCUT2D eigenvalue weighted by Gasteiger charge is 2.35. The van der Waals surface area contributed by atoms with Crippen LogP contribution in [0.5, 0.6) is 0 Å². The van der Waals surface area contributed by atoms with Crippen molar-refractivity contribution in [2.75, 3.05) is 13.1 Å². The molecule has 2 fully saturated rings. The van der Waals surface area contributed by atoms with Gasteiger partial charge in [0.25, 0.3) is 0 Å². The molecule has 10 heavy (non-hydrogen) atoms. The molecule has 1 amide bonds. The minimum Gasteiger partial charge on any atom is -0.345 e. The highest BCUT2D eigenvalue weighted by molar-refractivity contribution is 5.47. The first-order valence-corrected chi connectivity index (χ1v) is 4.09. The molecule has 0 aromatic carbocycles. The minimum atomic E-state index is 0.852. The van der Waals surface area contributed by atoms with E-state index in [2.05, 4.69) is 0 Å². The fourth-order valence-electron chi connectivity index (χ4n) is 2.36. The van der Waals surface area contributed by atoms with Gasteiger partial charge >= 0.3 is 0 Å². The summed E-state index contributed by atoms with van der Waals surface area (Å²) in [5.41, 5.74) is 0. The van der Waals surface area contributed by atoms with Crippen molar-refractivity contribution in [1.82, 2.24) is 4.90 Å². The molecule has 0 bridgehead atoms. The highest BCUT2D eigenvalue weighted by atomic mass is 16.1. The molecule has 0 N–H and O–H groups in total. The molecule has 2 heteroatoms. The van der Waals surface area contributed by atoms with Crippen LogP contribution < -0.4 is 0 Å². The molecule has 0 aromatic rings. The highest BCUT2D eigenvalue weighted by Crippen LogP contribution is 2.36. The van der Waals surface area contributed by atoms with Gasteiger partial charge in [-0.25, -0.2) is 0 Å². The Kier molecular flexibility index (Phi) is 1.40. The van der Waals surface area contributed by atoms with Crippen LogP contribution in [0.3, 0.4) is 0 Å². The zero-order valence-electron chi connectivity index (χ0n) is 6.12. The number of carbonyl (C=O) groups excluding carboxylic acids is 1. The lowest BCUT2D eigenvalue weighted by Crippen LogP contribution is -2.18. The van der Waals surface area contributed by atoms with E-state index in [-0.39, 0.29) is 0 Å². The van der Waals surface area contributed by atoms with Gasteiger partial charge in [0.2, 0.25) is 6.41 Å². The Hall–Kier alpha value is -0.530. The van der Waals surface area contributed by atoms with Crippen LogP contribution in [0.4, 0.5) is 0 Å². The van der Waals surface area contributed by atoms with E-state index in [0.29, 0.717) is 0 Å². The van der Waals surface area contributed by atoms with Crippen molar-refractivity contribution in [3.8, 4) is 0 Å². The summed E-state index contributed by atoms with van der Waals surface area (Å²) in [6.07, 6.45) is 5.10. The van der Waals surface area contributed by atoms with Crippen molar-refractivity contribution < 1.29 is 4.79 Å². The van der Waals surface area contributed by atoms with Gasteiger partial charge < -0.3 is 4.90 Å². The van der Waals surface area contributed by atoms with Crippen LogP contribution in [0.2, 0.25) is 0 Å². The lowest BCUT2D eigenvalue weighted by molar-refractivity contribution is -0.117. The van der Waals surface area contributed by atoms with Crippen LogP contribution >= 0.6 is 0 Å². The molecule has 2 atom stereocenters. The third kappa shape index (κ3) is 0.825. The largest absolute Gasteiger partial charge is 0.345 e. The third-order valence-corrected chi connectivity index (χ3v) is 2.90. The van der Waals surface area contributed by atoms with Gasteiger partial charge in [0.05, 0.1) is 0 Å². The minimum absolute atomic E-state index is 0.852. The van der Waals surface area contributed by atoms with E-state index in [1.807, 2.05) is 4.90 Å². The standard InChI is InChI=1S/C8H13NO/c10-6-9-4-7-2-1-3-8(7)5-9/h6-8H,1-5H2/t7-,8+. The quantitative estimate of drug-likeness (QED) is 0.494. The number of likely N-dealkylation sites (tertiary alicyclic amines) is 1. The smallest absolute Gasteiger partial charge is 0.209 e. The maximum atomic E-state index is 10.4. The summed E-state index contributed by atoms with van der Waals surface area (Å²) in [6.45, 7) is 2.07. The van der Waals surface area contributed by atoms with Crippen LogP contribution in [0, 0.1) is 11.8 Å². The molecule has 2 nitrogen and oxygen atoms in total. The Labute approximate surface area is 61.2 Å². The van der Waals surface area contributed by atoms with Crippen molar-refractivity contribution in [3.63, 3.8) is 0 Å². The van der Waals surface area contributed by atoms with E-state index < -0.39 is 0 Å². The zero-order chi connectivity index (χ0) is 6.97. The average Bonchev–Trinajstić information content (AvgIpc) is 2.42. The Balaban J connectivity index is 1.99. The number of rotatable bonds is 1. The van der Waals surface area contributed by atoms with E-state index >= 15 is 0 Å².